The second-order valence-electron chi connectivity index (χ2n) is 4.91. The number of nitrogens with one attached hydrogen (secondary N) is 3. The van der Waals surface area contributed by atoms with Crippen LogP contribution in [0.5, 0.6) is 0 Å². The van der Waals surface area contributed by atoms with Crippen molar-refractivity contribution in [3.8, 4) is 0 Å². The molecule has 2 rings (SSSR count). The van der Waals surface area contributed by atoms with Gasteiger partial charge in [0, 0.05) is 23.5 Å². The lowest BCUT2D eigenvalue weighted by Gasteiger charge is -2.08. The molecule has 7 heteroatoms. The zero-order valence-electron chi connectivity index (χ0n) is 12.7. The van der Waals surface area contributed by atoms with Gasteiger partial charge in [0.1, 0.15) is 5.82 Å². The first-order valence-electron chi connectivity index (χ1n) is 7.14. The standard InChI is InChI=1S/C16H18FN3O2S/c1-11-4-5-12(9-14(11)17)15(21)18-6-7-19-16(22)20-10-13-3-2-8-23-13/h2-5,8-9H,6-7,10H2,1H3,(H,18,21)(H2,19,20,22). The largest absolute Gasteiger partial charge is 0.350 e. The average Bonchev–Trinajstić information content (AvgIpc) is 3.05. The highest BCUT2D eigenvalue weighted by atomic mass is 32.1. The van der Waals surface area contributed by atoms with Crippen LogP contribution < -0.4 is 16.0 Å². The summed E-state index contributed by atoms with van der Waals surface area (Å²) in [7, 11) is 0. The Morgan fingerprint density at radius 1 is 1.13 bits per heavy atom. The molecule has 0 aliphatic rings. The van der Waals surface area contributed by atoms with Crippen molar-refractivity contribution in [1.82, 2.24) is 16.0 Å². The molecule has 1 heterocycles. The van der Waals surface area contributed by atoms with E-state index in [4.69, 9.17) is 0 Å². The van der Waals surface area contributed by atoms with Crippen LogP contribution in [0.2, 0.25) is 0 Å². The Kier molecular flexibility index (Phi) is 6.10. The first kappa shape index (κ1) is 17.0. The third-order valence-electron chi connectivity index (χ3n) is 3.13. The van der Waals surface area contributed by atoms with E-state index in [2.05, 4.69) is 16.0 Å². The Balaban J connectivity index is 1.65. The van der Waals surface area contributed by atoms with Crippen LogP contribution in [0.25, 0.3) is 0 Å². The number of rotatable bonds is 6. The summed E-state index contributed by atoms with van der Waals surface area (Å²) in [5, 5.41) is 9.92. The highest BCUT2D eigenvalue weighted by Crippen LogP contribution is 2.09. The fourth-order valence-corrected chi connectivity index (χ4v) is 2.48. The third kappa shape index (κ3) is 5.37. The second-order valence-corrected chi connectivity index (χ2v) is 5.94. The predicted molar refractivity (Wildman–Crippen MR) is 88.0 cm³/mol. The van der Waals surface area contributed by atoms with Crippen LogP contribution in [0.4, 0.5) is 9.18 Å². The van der Waals surface area contributed by atoms with Gasteiger partial charge in [-0.15, -0.1) is 11.3 Å². The molecular formula is C16H18FN3O2S. The van der Waals surface area contributed by atoms with E-state index in [1.165, 1.54) is 6.07 Å². The summed E-state index contributed by atoms with van der Waals surface area (Å²) < 4.78 is 13.4. The van der Waals surface area contributed by atoms with Crippen molar-refractivity contribution < 1.29 is 14.0 Å². The molecule has 0 radical (unpaired) electrons. The number of carbonyl (C=O) groups excluding carboxylic acids is 2. The molecule has 0 bridgehead atoms. The monoisotopic (exact) mass is 335 g/mol. The first-order valence-corrected chi connectivity index (χ1v) is 8.02. The molecule has 0 atom stereocenters. The molecule has 23 heavy (non-hydrogen) atoms. The quantitative estimate of drug-likeness (QED) is 0.710. The summed E-state index contributed by atoms with van der Waals surface area (Å²) in [6.07, 6.45) is 0. The van der Waals surface area contributed by atoms with Crippen LogP contribution in [-0.4, -0.2) is 25.0 Å². The van der Waals surface area contributed by atoms with Gasteiger partial charge >= 0.3 is 6.03 Å². The molecule has 0 unspecified atom stereocenters. The molecule has 3 amide bonds. The molecule has 0 saturated carbocycles. The van der Waals surface area contributed by atoms with Crippen LogP contribution in [0.1, 0.15) is 20.8 Å². The smallest absolute Gasteiger partial charge is 0.315 e. The average molecular weight is 335 g/mol. The van der Waals surface area contributed by atoms with Crippen LogP contribution in [0, 0.1) is 12.7 Å². The SMILES string of the molecule is Cc1ccc(C(=O)NCCNC(=O)NCc2cccs2)cc1F. The molecule has 1 aromatic heterocycles. The van der Waals surface area contributed by atoms with Crippen molar-refractivity contribution >= 4 is 23.3 Å². The number of hydrogen-bond acceptors (Lipinski definition) is 3. The normalized spacial score (nSPS) is 10.2. The number of carbonyl (C=O) groups is 2. The van der Waals surface area contributed by atoms with Crippen LogP contribution in [-0.2, 0) is 6.54 Å². The van der Waals surface area contributed by atoms with Crippen molar-refractivity contribution in [3.63, 3.8) is 0 Å². The highest BCUT2D eigenvalue weighted by Gasteiger charge is 2.07. The topological polar surface area (TPSA) is 70.2 Å². The van der Waals surface area contributed by atoms with Gasteiger partial charge in [0.2, 0.25) is 0 Å². The minimum atomic E-state index is -0.413. The van der Waals surface area contributed by atoms with Crippen molar-refractivity contribution in [1.29, 1.82) is 0 Å². The number of hydrogen-bond donors (Lipinski definition) is 3. The summed E-state index contributed by atoms with van der Waals surface area (Å²) in [5.74, 6) is -0.784. The second kappa shape index (κ2) is 8.28. The maximum atomic E-state index is 13.4. The minimum absolute atomic E-state index is 0.259. The van der Waals surface area contributed by atoms with Gasteiger partial charge in [-0.05, 0) is 36.1 Å². The van der Waals surface area contributed by atoms with E-state index in [0.717, 1.165) is 4.88 Å². The molecule has 122 valence electrons. The molecule has 0 aliphatic carbocycles. The van der Waals surface area contributed by atoms with Gasteiger partial charge in [-0.2, -0.15) is 0 Å². The highest BCUT2D eigenvalue weighted by molar-refractivity contribution is 7.09. The molecule has 2 aromatic rings. The van der Waals surface area contributed by atoms with E-state index in [1.807, 2.05) is 17.5 Å². The van der Waals surface area contributed by atoms with Crippen molar-refractivity contribution in [2.75, 3.05) is 13.1 Å². The summed E-state index contributed by atoms with van der Waals surface area (Å²) in [6.45, 7) is 2.66. The third-order valence-corrected chi connectivity index (χ3v) is 4.01. The fourth-order valence-electron chi connectivity index (χ4n) is 1.83. The first-order chi connectivity index (χ1) is 11.1. The molecule has 3 N–H and O–H groups in total. The molecule has 5 nitrogen and oxygen atoms in total. The zero-order valence-corrected chi connectivity index (χ0v) is 13.5. The number of halogens is 1. The number of thiophene rings is 1. The number of benzene rings is 1. The van der Waals surface area contributed by atoms with E-state index < -0.39 is 5.82 Å². The maximum absolute atomic E-state index is 13.4. The molecule has 0 spiro atoms. The van der Waals surface area contributed by atoms with E-state index in [1.54, 1.807) is 30.4 Å². The van der Waals surface area contributed by atoms with E-state index in [9.17, 15) is 14.0 Å². The van der Waals surface area contributed by atoms with Gasteiger partial charge in [0.15, 0.2) is 0 Å². The molecular weight excluding hydrogens is 317 g/mol. The van der Waals surface area contributed by atoms with E-state index in [-0.39, 0.29) is 30.6 Å². The fraction of sp³-hybridized carbons (Fsp3) is 0.250. The lowest BCUT2D eigenvalue weighted by molar-refractivity contribution is 0.0953. The van der Waals surface area contributed by atoms with Crippen LogP contribution >= 0.6 is 11.3 Å². The Hall–Kier alpha value is -2.41. The Labute approximate surface area is 137 Å². The Morgan fingerprint density at radius 3 is 2.61 bits per heavy atom. The van der Waals surface area contributed by atoms with Crippen molar-refractivity contribution in [2.45, 2.75) is 13.5 Å². The number of urea groups is 1. The lowest BCUT2D eigenvalue weighted by Crippen LogP contribution is -2.39. The van der Waals surface area contributed by atoms with Gasteiger partial charge in [0.25, 0.3) is 5.91 Å². The molecule has 0 saturated heterocycles. The van der Waals surface area contributed by atoms with Gasteiger partial charge in [-0.3, -0.25) is 4.79 Å². The molecule has 0 fully saturated rings. The zero-order chi connectivity index (χ0) is 16.7. The number of aryl methyl sites for hydroxylation is 1. The summed E-state index contributed by atoms with van der Waals surface area (Å²) in [4.78, 5) is 24.4. The summed E-state index contributed by atoms with van der Waals surface area (Å²) in [6, 6.07) is 7.88. The van der Waals surface area contributed by atoms with E-state index in [0.29, 0.717) is 12.1 Å². The van der Waals surface area contributed by atoms with Crippen LogP contribution in [0.15, 0.2) is 35.7 Å². The van der Waals surface area contributed by atoms with Gasteiger partial charge < -0.3 is 16.0 Å². The Morgan fingerprint density at radius 2 is 1.91 bits per heavy atom. The van der Waals surface area contributed by atoms with Gasteiger partial charge in [-0.25, -0.2) is 9.18 Å². The van der Waals surface area contributed by atoms with Crippen molar-refractivity contribution in [2.24, 2.45) is 0 Å². The summed E-state index contributed by atoms with van der Waals surface area (Å²) in [5.41, 5.74) is 0.751. The molecule has 0 aliphatic heterocycles. The van der Waals surface area contributed by atoms with Gasteiger partial charge in [0.05, 0.1) is 6.54 Å². The number of amides is 3. The summed E-state index contributed by atoms with van der Waals surface area (Å²) >= 11 is 1.57. The van der Waals surface area contributed by atoms with E-state index >= 15 is 0 Å². The molecule has 1 aromatic carbocycles. The Bertz CT molecular complexity index is 674. The minimum Gasteiger partial charge on any atom is -0.350 e. The lowest BCUT2D eigenvalue weighted by atomic mass is 10.1. The maximum Gasteiger partial charge on any atom is 0.315 e. The van der Waals surface area contributed by atoms with Crippen molar-refractivity contribution in [3.05, 3.63) is 57.5 Å². The van der Waals surface area contributed by atoms with Gasteiger partial charge in [-0.1, -0.05) is 12.1 Å². The predicted octanol–water partition coefficient (Wildman–Crippen LogP) is 2.42. The van der Waals surface area contributed by atoms with Crippen LogP contribution in [0.3, 0.4) is 0 Å².